The Kier molecular flexibility index (Phi) is 10.2. The Morgan fingerprint density at radius 1 is 1.33 bits per heavy atom. The predicted octanol–water partition coefficient (Wildman–Crippen LogP) is -0.278. The molecule has 9 heavy (non-hydrogen) atoms. The fourth-order valence-corrected chi connectivity index (χ4v) is 0. The average Bonchev–Trinajstić information content (AvgIpc) is 1.65. The molecule has 0 aromatic carbocycles. The summed E-state index contributed by atoms with van der Waals surface area (Å²) in [6.45, 7) is 1.67. The summed E-state index contributed by atoms with van der Waals surface area (Å²) in [6, 6.07) is 0. The van der Waals surface area contributed by atoms with Crippen molar-refractivity contribution in [2.75, 3.05) is 28.2 Å². The van der Waals surface area contributed by atoms with E-state index in [0.29, 0.717) is 0 Å². The van der Waals surface area contributed by atoms with Crippen LogP contribution in [0.3, 0.4) is 0 Å². The summed E-state index contributed by atoms with van der Waals surface area (Å²) in [5, 5.41) is 10.8. The molecule has 0 saturated carbocycles. The Morgan fingerprint density at radius 3 is 1.44 bits per heavy atom. The zero-order chi connectivity index (χ0) is 7.86. The van der Waals surface area contributed by atoms with Crippen LogP contribution in [0.4, 0.5) is 0 Å². The molecule has 0 aliphatic heterocycles. The van der Waals surface area contributed by atoms with Gasteiger partial charge in [-0.3, -0.25) is 5.32 Å². The molecule has 0 amide bonds. The summed E-state index contributed by atoms with van der Waals surface area (Å²) in [5.74, 6) is 0. The molecule has 1 atom stereocenters. The SMILES string of the molecule is CN(C)C.CNC(C)O. The molecule has 3 heteroatoms. The van der Waals surface area contributed by atoms with E-state index in [4.69, 9.17) is 5.11 Å². The minimum Gasteiger partial charge on any atom is -0.379 e. The molecule has 0 heterocycles. The first kappa shape index (κ1) is 11.6. The average molecular weight is 134 g/mol. The third-order valence-corrected chi connectivity index (χ3v) is 0.418. The smallest absolute Gasteiger partial charge is 0.101 e. The number of aliphatic hydroxyl groups is 1. The van der Waals surface area contributed by atoms with E-state index in [2.05, 4.69) is 5.32 Å². The van der Waals surface area contributed by atoms with E-state index >= 15 is 0 Å². The molecule has 1 unspecified atom stereocenters. The highest BCUT2D eigenvalue weighted by molar-refractivity contribution is 4.28. The summed E-state index contributed by atoms with van der Waals surface area (Å²) >= 11 is 0. The van der Waals surface area contributed by atoms with Gasteiger partial charge in [0.2, 0.25) is 0 Å². The molecular weight excluding hydrogens is 116 g/mol. The minimum atomic E-state index is -0.366. The van der Waals surface area contributed by atoms with Gasteiger partial charge in [-0.05, 0) is 35.1 Å². The molecule has 0 aliphatic carbocycles. The number of nitrogens with zero attached hydrogens (tertiary/aromatic N) is 1. The van der Waals surface area contributed by atoms with Gasteiger partial charge in [-0.2, -0.15) is 0 Å². The number of hydrogen-bond acceptors (Lipinski definition) is 3. The van der Waals surface area contributed by atoms with Crippen molar-refractivity contribution in [1.82, 2.24) is 10.2 Å². The summed E-state index contributed by atoms with van der Waals surface area (Å²) in [7, 11) is 7.70. The van der Waals surface area contributed by atoms with Crippen LogP contribution >= 0.6 is 0 Å². The highest BCUT2D eigenvalue weighted by Crippen LogP contribution is 1.59. The molecule has 0 aromatic heterocycles. The maximum absolute atomic E-state index is 8.25. The van der Waals surface area contributed by atoms with Crippen molar-refractivity contribution in [3.05, 3.63) is 0 Å². The first-order valence-corrected chi connectivity index (χ1v) is 2.97. The molecule has 0 aliphatic rings. The molecule has 0 radical (unpaired) electrons. The standard InChI is InChI=1S/C3H9NO.C3H9N/c1-3(5)4-2;1-4(2)3/h3-5H,1-2H3;1-3H3. The van der Waals surface area contributed by atoms with Gasteiger partial charge < -0.3 is 10.0 Å². The zero-order valence-electron chi connectivity index (χ0n) is 6.97. The Balaban J connectivity index is 0. The fraction of sp³-hybridized carbons (Fsp3) is 1.00. The van der Waals surface area contributed by atoms with E-state index in [0.717, 1.165) is 0 Å². The summed E-state index contributed by atoms with van der Waals surface area (Å²) in [5.41, 5.74) is 0. The lowest BCUT2D eigenvalue weighted by atomic mass is 10.7. The summed E-state index contributed by atoms with van der Waals surface area (Å²) in [4.78, 5) is 2.00. The lowest BCUT2D eigenvalue weighted by Gasteiger charge is -1.94. The van der Waals surface area contributed by atoms with Crippen molar-refractivity contribution < 1.29 is 5.11 Å². The Morgan fingerprint density at radius 2 is 1.44 bits per heavy atom. The number of nitrogens with one attached hydrogen (secondary N) is 1. The van der Waals surface area contributed by atoms with Crippen molar-refractivity contribution in [2.45, 2.75) is 13.2 Å². The van der Waals surface area contributed by atoms with Gasteiger partial charge >= 0.3 is 0 Å². The van der Waals surface area contributed by atoms with Gasteiger partial charge in [0.05, 0.1) is 0 Å². The first-order valence-electron chi connectivity index (χ1n) is 2.97. The van der Waals surface area contributed by atoms with E-state index in [9.17, 15) is 0 Å². The minimum absolute atomic E-state index is 0.366. The van der Waals surface area contributed by atoms with E-state index in [1.54, 1.807) is 14.0 Å². The van der Waals surface area contributed by atoms with Crippen LogP contribution in [0, 0.1) is 0 Å². The van der Waals surface area contributed by atoms with Crippen molar-refractivity contribution >= 4 is 0 Å². The highest BCUT2D eigenvalue weighted by Gasteiger charge is 1.78. The van der Waals surface area contributed by atoms with Gasteiger partial charge in [0, 0.05) is 0 Å². The molecular formula is C6H18N2O. The number of rotatable bonds is 1. The van der Waals surface area contributed by atoms with Gasteiger partial charge in [0.25, 0.3) is 0 Å². The Labute approximate surface area is 57.7 Å². The van der Waals surface area contributed by atoms with E-state index in [-0.39, 0.29) is 6.23 Å². The normalized spacial score (nSPS) is 12.3. The van der Waals surface area contributed by atoms with Crippen LogP contribution in [0.25, 0.3) is 0 Å². The second-order valence-electron chi connectivity index (χ2n) is 2.31. The Hall–Kier alpha value is -0.120. The van der Waals surface area contributed by atoms with Crippen LogP contribution in [0.1, 0.15) is 6.92 Å². The zero-order valence-corrected chi connectivity index (χ0v) is 6.97. The third kappa shape index (κ3) is 77.1. The molecule has 3 nitrogen and oxygen atoms in total. The second kappa shape index (κ2) is 7.88. The van der Waals surface area contributed by atoms with Crippen molar-refractivity contribution in [3.63, 3.8) is 0 Å². The number of hydrogen-bond donors (Lipinski definition) is 2. The lowest BCUT2D eigenvalue weighted by Crippen LogP contribution is -2.19. The first-order chi connectivity index (χ1) is 4.00. The van der Waals surface area contributed by atoms with Crippen LogP contribution in [-0.4, -0.2) is 44.4 Å². The third-order valence-electron chi connectivity index (χ3n) is 0.418. The molecule has 0 spiro atoms. The van der Waals surface area contributed by atoms with Crippen LogP contribution < -0.4 is 5.32 Å². The highest BCUT2D eigenvalue weighted by atomic mass is 16.3. The topological polar surface area (TPSA) is 35.5 Å². The van der Waals surface area contributed by atoms with Gasteiger partial charge in [0.1, 0.15) is 6.23 Å². The maximum Gasteiger partial charge on any atom is 0.101 e. The molecule has 0 fully saturated rings. The molecule has 0 rings (SSSR count). The van der Waals surface area contributed by atoms with Gasteiger partial charge in [0.15, 0.2) is 0 Å². The maximum atomic E-state index is 8.25. The summed E-state index contributed by atoms with van der Waals surface area (Å²) < 4.78 is 0. The predicted molar refractivity (Wildman–Crippen MR) is 40.4 cm³/mol. The van der Waals surface area contributed by atoms with E-state index < -0.39 is 0 Å². The molecule has 2 N–H and O–H groups in total. The second-order valence-corrected chi connectivity index (χ2v) is 2.31. The quantitative estimate of drug-likeness (QED) is 0.484. The van der Waals surface area contributed by atoms with Gasteiger partial charge in [-0.1, -0.05) is 0 Å². The van der Waals surface area contributed by atoms with Gasteiger partial charge in [-0.25, -0.2) is 0 Å². The monoisotopic (exact) mass is 134 g/mol. The lowest BCUT2D eigenvalue weighted by molar-refractivity contribution is 0.167. The molecule has 0 aromatic rings. The van der Waals surface area contributed by atoms with Crippen LogP contribution in [0.15, 0.2) is 0 Å². The Bertz CT molecular complexity index is 43.6. The molecule has 0 bridgehead atoms. The molecule has 58 valence electrons. The van der Waals surface area contributed by atoms with Crippen LogP contribution in [0.5, 0.6) is 0 Å². The largest absolute Gasteiger partial charge is 0.379 e. The fourth-order valence-electron chi connectivity index (χ4n) is 0. The molecule has 0 saturated heterocycles. The van der Waals surface area contributed by atoms with Crippen LogP contribution in [0.2, 0.25) is 0 Å². The van der Waals surface area contributed by atoms with Crippen LogP contribution in [-0.2, 0) is 0 Å². The van der Waals surface area contributed by atoms with Crippen molar-refractivity contribution in [2.24, 2.45) is 0 Å². The van der Waals surface area contributed by atoms with E-state index in [1.807, 2.05) is 26.0 Å². The van der Waals surface area contributed by atoms with Crippen molar-refractivity contribution in [3.8, 4) is 0 Å². The number of aliphatic hydroxyl groups excluding tert-OH is 1. The van der Waals surface area contributed by atoms with Crippen molar-refractivity contribution in [1.29, 1.82) is 0 Å². The van der Waals surface area contributed by atoms with Gasteiger partial charge in [-0.15, -0.1) is 0 Å². The summed E-state index contributed by atoms with van der Waals surface area (Å²) in [6.07, 6.45) is -0.366. The van der Waals surface area contributed by atoms with E-state index in [1.165, 1.54) is 0 Å².